The molecule has 3 aromatic carbocycles. The lowest BCUT2D eigenvalue weighted by atomic mass is 9.96. The first-order valence-corrected chi connectivity index (χ1v) is 13.2. The Hall–Kier alpha value is -4.06. The molecule has 6 heteroatoms. The summed E-state index contributed by atoms with van der Waals surface area (Å²) in [5.74, 6) is 1.22. The summed E-state index contributed by atoms with van der Waals surface area (Å²) in [6, 6.07) is 25.4. The van der Waals surface area contributed by atoms with Crippen LogP contribution in [0.2, 0.25) is 0 Å². The average molecular weight is 492 g/mol. The predicted molar refractivity (Wildman–Crippen MR) is 150 cm³/mol. The average Bonchev–Trinajstić information content (AvgIpc) is 3.52. The largest absolute Gasteiger partial charge is 0.361 e. The van der Waals surface area contributed by atoms with Crippen LogP contribution in [0.5, 0.6) is 0 Å². The molecule has 1 amide bonds. The van der Waals surface area contributed by atoms with Crippen molar-refractivity contribution in [1.82, 2.24) is 19.9 Å². The molecule has 37 heavy (non-hydrogen) atoms. The fraction of sp³-hybridized carbons (Fsp3) is 0.290. The molecule has 3 heterocycles. The van der Waals surface area contributed by atoms with Crippen molar-refractivity contribution < 1.29 is 4.79 Å². The van der Waals surface area contributed by atoms with Crippen molar-refractivity contribution in [3.8, 4) is 0 Å². The number of aromatic nitrogens is 3. The second kappa shape index (κ2) is 10.1. The molecule has 0 bridgehead atoms. The number of carbonyl (C=O) groups excluding carboxylic acids is 1. The first kappa shape index (κ1) is 23.3. The quantitative estimate of drug-likeness (QED) is 0.318. The molecule has 188 valence electrons. The summed E-state index contributed by atoms with van der Waals surface area (Å²) in [4.78, 5) is 23.6. The number of carbonyl (C=O) groups is 1. The van der Waals surface area contributed by atoms with Crippen LogP contribution in [0.25, 0.3) is 21.9 Å². The molecule has 0 radical (unpaired) electrons. The maximum Gasteiger partial charge on any atom is 0.223 e. The minimum absolute atomic E-state index is 0.0501. The summed E-state index contributed by atoms with van der Waals surface area (Å²) in [6.45, 7) is 5.22. The molecular formula is C31H33N5O. The normalized spacial score (nSPS) is 14.5. The van der Waals surface area contributed by atoms with Gasteiger partial charge in [0.15, 0.2) is 0 Å². The van der Waals surface area contributed by atoms with E-state index in [1.54, 1.807) is 0 Å². The third kappa shape index (κ3) is 4.84. The smallest absolute Gasteiger partial charge is 0.223 e. The summed E-state index contributed by atoms with van der Waals surface area (Å²) in [7, 11) is 0. The molecule has 6 nitrogen and oxygen atoms in total. The number of hydrogen-bond acceptors (Lipinski definition) is 3. The van der Waals surface area contributed by atoms with E-state index in [1.807, 2.05) is 12.1 Å². The van der Waals surface area contributed by atoms with E-state index in [1.165, 1.54) is 22.1 Å². The Labute approximate surface area is 217 Å². The van der Waals surface area contributed by atoms with Gasteiger partial charge in [0.05, 0.1) is 17.6 Å². The van der Waals surface area contributed by atoms with Crippen LogP contribution in [0.3, 0.4) is 0 Å². The van der Waals surface area contributed by atoms with Crippen molar-refractivity contribution in [2.24, 2.45) is 5.92 Å². The van der Waals surface area contributed by atoms with Crippen molar-refractivity contribution in [3.05, 3.63) is 95.7 Å². The number of aromatic amines is 1. The Morgan fingerprint density at radius 2 is 1.76 bits per heavy atom. The minimum Gasteiger partial charge on any atom is -0.361 e. The van der Waals surface area contributed by atoms with Crippen LogP contribution in [-0.2, 0) is 17.8 Å². The van der Waals surface area contributed by atoms with Gasteiger partial charge in [-0.05, 0) is 55.5 Å². The standard InChI is InChI=1S/C31H33N5O/c1-22-10-12-23(13-11-22)21-36-29-9-5-4-8-28(29)34-31(36)35-18-15-24(16-19-35)30(37)32-17-14-25-20-33-27-7-3-2-6-26(25)27/h2-13,20,24,33H,14-19,21H2,1H3,(H,32,37). The number of piperidine rings is 1. The zero-order valence-corrected chi connectivity index (χ0v) is 21.3. The van der Waals surface area contributed by atoms with Gasteiger partial charge in [-0.15, -0.1) is 0 Å². The van der Waals surface area contributed by atoms with Gasteiger partial charge < -0.3 is 19.8 Å². The fourth-order valence-corrected chi connectivity index (χ4v) is 5.48. The molecule has 0 unspecified atom stereocenters. The number of rotatable bonds is 7. The van der Waals surface area contributed by atoms with Crippen LogP contribution in [0, 0.1) is 12.8 Å². The molecule has 0 spiro atoms. The number of H-pyrrole nitrogens is 1. The molecule has 2 aromatic heterocycles. The summed E-state index contributed by atoms with van der Waals surface area (Å²) < 4.78 is 2.32. The van der Waals surface area contributed by atoms with Crippen LogP contribution in [0.1, 0.15) is 29.5 Å². The SMILES string of the molecule is Cc1ccc(Cn2c(N3CCC(C(=O)NCCc4c[nH]c5ccccc45)CC3)nc3ccccc32)cc1. The van der Waals surface area contributed by atoms with Crippen molar-refractivity contribution in [2.75, 3.05) is 24.5 Å². The molecule has 6 rings (SSSR count). The fourth-order valence-electron chi connectivity index (χ4n) is 5.48. The number of amides is 1. The topological polar surface area (TPSA) is 66.0 Å². The molecule has 0 saturated carbocycles. The van der Waals surface area contributed by atoms with Gasteiger partial charge in [-0.2, -0.15) is 0 Å². The molecule has 1 saturated heterocycles. The van der Waals surface area contributed by atoms with Crippen molar-refractivity contribution in [3.63, 3.8) is 0 Å². The lowest BCUT2D eigenvalue weighted by Crippen LogP contribution is -2.42. The van der Waals surface area contributed by atoms with E-state index < -0.39 is 0 Å². The predicted octanol–water partition coefficient (Wildman–Crippen LogP) is 5.45. The van der Waals surface area contributed by atoms with E-state index in [0.29, 0.717) is 6.54 Å². The minimum atomic E-state index is 0.0501. The van der Waals surface area contributed by atoms with Gasteiger partial charge in [0.25, 0.3) is 0 Å². The van der Waals surface area contributed by atoms with Gasteiger partial charge in [0.1, 0.15) is 0 Å². The first-order chi connectivity index (χ1) is 18.2. The van der Waals surface area contributed by atoms with E-state index in [0.717, 1.165) is 61.4 Å². The number of aryl methyl sites for hydroxylation is 1. The molecule has 2 N–H and O–H groups in total. The van der Waals surface area contributed by atoms with E-state index in [9.17, 15) is 4.79 Å². The summed E-state index contributed by atoms with van der Waals surface area (Å²) in [6.07, 6.45) is 4.56. The third-order valence-electron chi connectivity index (χ3n) is 7.61. The number of anilines is 1. The molecule has 5 aromatic rings. The third-order valence-corrected chi connectivity index (χ3v) is 7.61. The van der Waals surface area contributed by atoms with E-state index in [-0.39, 0.29) is 11.8 Å². The number of nitrogens with zero attached hydrogens (tertiary/aromatic N) is 3. The first-order valence-electron chi connectivity index (χ1n) is 13.2. The Morgan fingerprint density at radius 1 is 1.00 bits per heavy atom. The molecule has 0 atom stereocenters. The van der Waals surface area contributed by atoms with Gasteiger partial charge in [-0.25, -0.2) is 4.98 Å². The Bertz CT molecular complexity index is 1520. The van der Waals surface area contributed by atoms with Gasteiger partial charge >= 0.3 is 0 Å². The molecular weight excluding hydrogens is 458 g/mol. The number of fused-ring (bicyclic) bond motifs is 2. The van der Waals surface area contributed by atoms with Gasteiger partial charge in [-0.1, -0.05) is 60.2 Å². The van der Waals surface area contributed by atoms with E-state index >= 15 is 0 Å². The summed E-state index contributed by atoms with van der Waals surface area (Å²) in [5.41, 5.74) is 7.08. The second-order valence-electron chi connectivity index (χ2n) is 10.1. The van der Waals surface area contributed by atoms with Crippen LogP contribution >= 0.6 is 0 Å². The van der Waals surface area contributed by atoms with Crippen molar-refractivity contribution in [1.29, 1.82) is 0 Å². The van der Waals surface area contributed by atoms with Crippen molar-refractivity contribution >= 4 is 33.8 Å². The number of benzene rings is 3. The number of imidazole rings is 1. The monoisotopic (exact) mass is 491 g/mol. The molecule has 1 fully saturated rings. The van der Waals surface area contributed by atoms with Gasteiger partial charge in [0, 0.05) is 42.7 Å². The summed E-state index contributed by atoms with van der Waals surface area (Å²) in [5, 5.41) is 4.42. The maximum absolute atomic E-state index is 13.0. The number of nitrogens with one attached hydrogen (secondary N) is 2. The molecule has 1 aliphatic rings. The Morgan fingerprint density at radius 3 is 2.59 bits per heavy atom. The second-order valence-corrected chi connectivity index (χ2v) is 10.1. The highest BCUT2D eigenvalue weighted by molar-refractivity contribution is 5.83. The highest BCUT2D eigenvalue weighted by atomic mass is 16.1. The van der Waals surface area contributed by atoms with Gasteiger partial charge in [0.2, 0.25) is 11.9 Å². The number of hydrogen-bond donors (Lipinski definition) is 2. The maximum atomic E-state index is 13.0. The summed E-state index contributed by atoms with van der Waals surface area (Å²) >= 11 is 0. The Kier molecular flexibility index (Phi) is 6.39. The van der Waals surface area contributed by atoms with Crippen molar-refractivity contribution in [2.45, 2.75) is 32.7 Å². The van der Waals surface area contributed by atoms with Crippen LogP contribution in [0.4, 0.5) is 5.95 Å². The van der Waals surface area contributed by atoms with Crippen LogP contribution in [0.15, 0.2) is 79.0 Å². The zero-order chi connectivity index (χ0) is 25.2. The lowest BCUT2D eigenvalue weighted by Gasteiger charge is -2.32. The van der Waals surface area contributed by atoms with Gasteiger partial charge in [-0.3, -0.25) is 4.79 Å². The molecule has 0 aliphatic carbocycles. The lowest BCUT2D eigenvalue weighted by molar-refractivity contribution is -0.125. The highest BCUT2D eigenvalue weighted by Gasteiger charge is 2.27. The molecule has 1 aliphatic heterocycles. The van der Waals surface area contributed by atoms with E-state index in [4.69, 9.17) is 4.98 Å². The highest BCUT2D eigenvalue weighted by Crippen LogP contribution is 2.28. The van der Waals surface area contributed by atoms with E-state index in [2.05, 4.69) is 93.6 Å². The van der Waals surface area contributed by atoms with Crippen LogP contribution < -0.4 is 10.2 Å². The number of para-hydroxylation sites is 3. The van der Waals surface area contributed by atoms with Crippen LogP contribution in [-0.4, -0.2) is 40.1 Å². The Balaban J connectivity index is 1.10. The zero-order valence-electron chi connectivity index (χ0n) is 21.3.